The van der Waals surface area contributed by atoms with Gasteiger partial charge in [-0.15, -0.1) is 0 Å². The summed E-state index contributed by atoms with van der Waals surface area (Å²) in [7, 11) is 0. The second-order valence-electron chi connectivity index (χ2n) is 7.79. The maximum absolute atomic E-state index is 12.6. The number of hydrogen-bond donors (Lipinski definition) is 0. The fourth-order valence-corrected chi connectivity index (χ4v) is 3.18. The van der Waals surface area contributed by atoms with Crippen molar-refractivity contribution >= 4 is 17.3 Å². The van der Waals surface area contributed by atoms with Gasteiger partial charge in [-0.05, 0) is 55.0 Å². The van der Waals surface area contributed by atoms with Crippen LogP contribution in [0.5, 0.6) is 5.75 Å². The second kappa shape index (κ2) is 13.7. The summed E-state index contributed by atoms with van der Waals surface area (Å²) in [6.45, 7) is 2.21. The fraction of sp³-hybridized carbons (Fsp3) is 0.480. The number of ether oxygens (including phenoxy) is 1. The standard InChI is InChI=1S/C25H31F3N2O2/c1-2-3-4-5-6-7-8-9-10-11-24(31)32-23-18-16-22(17-19-23)30-29-21-14-12-20(13-15-21)25(26,27)28/h12-19H,2-11H2,1H3. The summed E-state index contributed by atoms with van der Waals surface area (Å²) in [5.41, 5.74) is 0.0862. The van der Waals surface area contributed by atoms with Crippen molar-refractivity contribution in [3.05, 3.63) is 54.1 Å². The first-order valence-electron chi connectivity index (χ1n) is 11.3. The van der Waals surface area contributed by atoms with Crippen LogP contribution in [0.2, 0.25) is 0 Å². The molecule has 0 saturated carbocycles. The summed E-state index contributed by atoms with van der Waals surface area (Å²) in [5.74, 6) is 0.173. The van der Waals surface area contributed by atoms with Gasteiger partial charge in [0.2, 0.25) is 0 Å². The summed E-state index contributed by atoms with van der Waals surface area (Å²) in [4.78, 5) is 12.0. The summed E-state index contributed by atoms with van der Waals surface area (Å²) in [5, 5.41) is 7.92. The molecule has 2 aromatic carbocycles. The van der Waals surface area contributed by atoms with Crippen LogP contribution in [0, 0.1) is 0 Å². The highest BCUT2D eigenvalue weighted by Crippen LogP contribution is 2.30. The van der Waals surface area contributed by atoms with Crippen molar-refractivity contribution in [2.24, 2.45) is 10.2 Å². The van der Waals surface area contributed by atoms with Crippen LogP contribution in [-0.2, 0) is 11.0 Å². The lowest BCUT2D eigenvalue weighted by Gasteiger charge is -2.05. The highest BCUT2D eigenvalue weighted by atomic mass is 19.4. The zero-order valence-electron chi connectivity index (χ0n) is 18.5. The fourth-order valence-electron chi connectivity index (χ4n) is 3.18. The minimum absolute atomic E-state index is 0.257. The predicted octanol–water partition coefficient (Wildman–Crippen LogP) is 8.95. The molecule has 32 heavy (non-hydrogen) atoms. The zero-order chi connectivity index (χ0) is 23.2. The highest BCUT2D eigenvalue weighted by molar-refractivity contribution is 5.72. The van der Waals surface area contributed by atoms with E-state index in [-0.39, 0.29) is 5.97 Å². The number of carbonyl (C=O) groups excluding carboxylic acids is 1. The van der Waals surface area contributed by atoms with Gasteiger partial charge in [0, 0.05) is 6.42 Å². The lowest BCUT2D eigenvalue weighted by molar-refractivity contribution is -0.137. The normalized spacial score (nSPS) is 11.8. The monoisotopic (exact) mass is 448 g/mol. The Labute approximate surface area is 187 Å². The van der Waals surface area contributed by atoms with Crippen molar-refractivity contribution in [1.29, 1.82) is 0 Å². The van der Waals surface area contributed by atoms with E-state index in [0.29, 0.717) is 23.5 Å². The molecule has 4 nitrogen and oxygen atoms in total. The molecule has 2 aromatic rings. The molecule has 2 rings (SSSR count). The average molecular weight is 449 g/mol. The Morgan fingerprint density at radius 3 is 1.72 bits per heavy atom. The van der Waals surface area contributed by atoms with Gasteiger partial charge in [0.1, 0.15) is 5.75 Å². The van der Waals surface area contributed by atoms with Crippen molar-refractivity contribution in [3.8, 4) is 5.75 Å². The molecule has 7 heteroatoms. The Balaban J connectivity index is 1.67. The van der Waals surface area contributed by atoms with Crippen molar-refractivity contribution < 1.29 is 22.7 Å². The third-order valence-electron chi connectivity index (χ3n) is 5.03. The number of rotatable bonds is 13. The van der Waals surface area contributed by atoms with E-state index in [9.17, 15) is 18.0 Å². The van der Waals surface area contributed by atoms with E-state index in [2.05, 4.69) is 17.2 Å². The van der Waals surface area contributed by atoms with Crippen molar-refractivity contribution in [3.63, 3.8) is 0 Å². The molecule has 0 fully saturated rings. The molecule has 0 amide bonds. The molecular formula is C25H31F3N2O2. The molecule has 0 aromatic heterocycles. The third kappa shape index (κ3) is 10.1. The van der Waals surface area contributed by atoms with E-state index in [1.54, 1.807) is 24.3 Å². The minimum atomic E-state index is -4.38. The first-order valence-corrected chi connectivity index (χ1v) is 11.3. The van der Waals surface area contributed by atoms with Crippen LogP contribution in [0.15, 0.2) is 58.8 Å². The zero-order valence-corrected chi connectivity index (χ0v) is 18.5. The Hall–Kier alpha value is -2.70. The Morgan fingerprint density at radius 2 is 1.22 bits per heavy atom. The lowest BCUT2D eigenvalue weighted by Crippen LogP contribution is -2.07. The van der Waals surface area contributed by atoms with Gasteiger partial charge in [-0.3, -0.25) is 4.79 Å². The van der Waals surface area contributed by atoms with Crippen LogP contribution in [-0.4, -0.2) is 5.97 Å². The topological polar surface area (TPSA) is 51.0 Å². The molecule has 174 valence electrons. The average Bonchev–Trinajstić information content (AvgIpc) is 2.77. The van der Waals surface area contributed by atoms with Gasteiger partial charge in [-0.25, -0.2) is 0 Å². The number of alkyl halides is 3. The Bertz CT molecular complexity index is 832. The highest BCUT2D eigenvalue weighted by Gasteiger charge is 2.29. The Morgan fingerprint density at radius 1 is 0.750 bits per heavy atom. The largest absolute Gasteiger partial charge is 0.427 e. The third-order valence-corrected chi connectivity index (χ3v) is 5.03. The van der Waals surface area contributed by atoms with E-state index in [1.807, 2.05) is 0 Å². The molecule has 0 unspecified atom stereocenters. The lowest BCUT2D eigenvalue weighted by atomic mass is 10.1. The number of azo groups is 1. The quantitative estimate of drug-likeness (QED) is 0.133. The number of hydrogen-bond acceptors (Lipinski definition) is 4. The summed E-state index contributed by atoms with van der Waals surface area (Å²) >= 11 is 0. The minimum Gasteiger partial charge on any atom is -0.427 e. The summed E-state index contributed by atoms with van der Waals surface area (Å²) < 4.78 is 43.1. The van der Waals surface area contributed by atoms with E-state index < -0.39 is 11.7 Å². The van der Waals surface area contributed by atoms with Crippen molar-refractivity contribution in [1.82, 2.24) is 0 Å². The Kier molecular flexibility index (Phi) is 10.9. The van der Waals surface area contributed by atoms with Crippen LogP contribution < -0.4 is 4.74 Å². The van der Waals surface area contributed by atoms with Crippen LogP contribution in [0.1, 0.15) is 76.7 Å². The van der Waals surface area contributed by atoms with Crippen molar-refractivity contribution in [2.75, 3.05) is 0 Å². The molecule has 0 heterocycles. The van der Waals surface area contributed by atoms with Crippen LogP contribution in [0.4, 0.5) is 24.5 Å². The van der Waals surface area contributed by atoms with Crippen LogP contribution >= 0.6 is 0 Å². The second-order valence-corrected chi connectivity index (χ2v) is 7.79. The molecule has 0 atom stereocenters. The van der Waals surface area contributed by atoms with Gasteiger partial charge in [0.05, 0.1) is 16.9 Å². The molecule has 0 aliphatic carbocycles. The molecular weight excluding hydrogens is 417 g/mol. The van der Waals surface area contributed by atoms with Crippen LogP contribution in [0.3, 0.4) is 0 Å². The number of halogens is 3. The predicted molar refractivity (Wildman–Crippen MR) is 120 cm³/mol. The SMILES string of the molecule is CCCCCCCCCCCC(=O)Oc1ccc(N=Nc2ccc(C(F)(F)F)cc2)cc1. The van der Waals surface area contributed by atoms with Gasteiger partial charge < -0.3 is 4.74 Å². The van der Waals surface area contributed by atoms with E-state index in [0.717, 1.165) is 31.4 Å². The maximum Gasteiger partial charge on any atom is 0.416 e. The van der Waals surface area contributed by atoms with Gasteiger partial charge in [-0.1, -0.05) is 58.3 Å². The molecule has 0 aliphatic heterocycles. The first kappa shape index (κ1) is 25.6. The number of unbranched alkanes of at least 4 members (excludes halogenated alkanes) is 8. The molecule has 0 radical (unpaired) electrons. The first-order chi connectivity index (χ1) is 15.4. The summed E-state index contributed by atoms with van der Waals surface area (Å²) in [6, 6.07) is 11.0. The van der Waals surface area contributed by atoms with E-state index >= 15 is 0 Å². The molecule has 0 spiro atoms. The summed E-state index contributed by atoms with van der Waals surface area (Å²) in [6.07, 6.45) is 6.72. The van der Waals surface area contributed by atoms with E-state index in [1.165, 1.54) is 50.7 Å². The van der Waals surface area contributed by atoms with Crippen molar-refractivity contribution in [2.45, 2.75) is 77.3 Å². The number of benzene rings is 2. The maximum atomic E-state index is 12.6. The molecule has 0 N–H and O–H groups in total. The molecule has 0 saturated heterocycles. The van der Waals surface area contributed by atoms with Gasteiger partial charge in [-0.2, -0.15) is 23.4 Å². The molecule has 0 bridgehead atoms. The number of esters is 1. The van der Waals surface area contributed by atoms with E-state index in [4.69, 9.17) is 4.74 Å². The van der Waals surface area contributed by atoms with Gasteiger partial charge in [0.15, 0.2) is 0 Å². The van der Waals surface area contributed by atoms with Crippen LogP contribution in [0.25, 0.3) is 0 Å². The van der Waals surface area contributed by atoms with Gasteiger partial charge >= 0.3 is 12.1 Å². The molecule has 0 aliphatic rings. The van der Waals surface area contributed by atoms with Gasteiger partial charge in [0.25, 0.3) is 0 Å². The number of nitrogens with zero attached hydrogens (tertiary/aromatic N) is 2. The number of carbonyl (C=O) groups is 1. The smallest absolute Gasteiger partial charge is 0.416 e.